The Balaban J connectivity index is 1.87. The molecule has 4 aromatic rings. The standard InChI is InChI=1S/C22H20ClN5O2/c1-13(2)28-19(24)15(21(29)25-12-14-7-3-4-8-17(14)23)11-16-20(28)26-18-9-5-6-10-27(18)22(16)30/h3-11,13,24H,12H2,1-2H3,(H,25,29). The van der Waals surface area contributed by atoms with Crippen LogP contribution < -0.4 is 16.4 Å². The van der Waals surface area contributed by atoms with Crippen molar-refractivity contribution >= 4 is 34.2 Å². The molecule has 4 rings (SSSR count). The van der Waals surface area contributed by atoms with Crippen LogP contribution in [0.3, 0.4) is 0 Å². The molecule has 0 spiro atoms. The second-order valence-electron chi connectivity index (χ2n) is 7.23. The van der Waals surface area contributed by atoms with Crippen LogP contribution >= 0.6 is 11.6 Å². The Kier molecular flexibility index (Phi) is 5.13. The number of nitrogens with zero attached hydrogens (tertiary/aromatic N) is 3. The fourth-order valence-corrected chi connectivity index (χ4v) is 3.64. The molecule has 0 aliphatic carbocycles. The summed E-state index contributed by atoms with van der Waals surface area (Å²) in [5, 5.41) is 12.3. The summed E-state index contributed by atoms with van der Waals surface area (Å²) in [5.74, 6) is -0.450. The fourth-order valence-electron chi connectivity index (χ4n) is 3.44. The number of benzene rings is 1. The van der Waals surface area contributed by atoms with Gasteiger partial charge in [0.1, 0.15) is 16.8 Å². The molecule has 8 heteroatoms. The number of rotatable bonds is 4. The predicted molar refractivity (Wildman–Crippen MR) is 116 cm³/mol. The van der Waals surface area contributed by atoms with Gasteiger partial charge in [-0.2, -0.15) is 0 Å². The molecule has 0 aliphatic rings. The smallest absolute Gasteiger partial charge is 0.267 e. The average molecular weight is 422 g/mol. The first-order valence-electron chi connectivity index (χ1n) is 9.51. The summed E-state index contributed by atoms with van der Waals surface area (Å²) in [7, 11) is 0. The molecule has 0 atom stereocenters. The lowest BCUT2D eigenvalue weighted by molar-refractivity contribution is 0.0948. The van der Waals surface area contributed by atoms with Crippen LogP contribution in [0.4, 0.5) is 0 Å². The summed E-state index contributed by atoms with van der Waals surface area (Å²) in [6.07, 6.45) is 1.63. The number of hydrogen-bond donors (Lipinski definition) is 2. The van der Waals surface area contributed by atoms with Crippen molar-refractivity contribution in [3.8, 4) is 0 Å². The Hall–Kier alpha value is -3.45. The number of carbonyl (C=O) groups is 1. The molecule has 0 saturated heterocycles. The molecule has 0 saturated carbocycles. The van der Waals surface area contributed by atoms with E-state index >= 15 is 0 Å². The van der Waals surface area contributed by atoms with E-state index in [2.05, 4.69) is 10.3 Å². The lowest BCUT2D eigenvalue weighted by atomic mass is 10.1. The lowest BCUT2D eigenvalue weighted by Crippen LogP contribution is -2.35. The van der Waals surface area contributed by atoms with Crippen LogP contribution in [0.2, 0.25) is 5.02 Å². The summed E-state index contributed by atoms with van der Waals surface area (Å²) >= 11 is 6.16. The van der Waals surface area contributed by atoms with Gasteiger partial charge in [-0.05, 0) is 43.7 Å². The van der Waals surface area contributed by atoms with E-state index in [9.17, 15) is 9.59 Å². The number of aromatic nitrogens is 3. The number of hydrogen-bond acceptors (Lipinski definition) is 4. The van der Waals surface area contributed by atoms with Gasteiger partial charge < -0.3 is 9.88 Å². The maximum atomic E-state index is 13.1. The van der Waals surface area contributed by atoms with Gasteiger partial charge in [0.05, 0.1) is 10.9 Å². The molecular formula is C22H20ClN5O2. The van der Waals surface area contributed by atoms with Crippen molar-refractivity contribution < 1.29 is 4.79 Å². The zero-order chi connectivity index (χ0) is 21.4. The van der Waals surface area contributed by atoms with Crippen molar-refractivity contribution in [3.63, 3.8) is 0 Å². The van der Waals surface area contributed by atoms with Crippen LogP contribution in [0, 0.1) is 5.41 Å². The second-order valence-corrected chi connectivity index (χ2v) is 7.63. The van der Waals surface area contributed by atoms with Crippen LogP contribution in [-0.2, 0) is 6.54 Å². The quantitative estimate of drug-likeness (QED) is 0.495. The largest absolute Gasteiger partial charge is 0.348 e. The first-order chi connectivity index (χ1) is 14.4. The van der Waals surface area contributed by atoms with Gasteiger partial charge in [-0.3, -0.25) is 19.4 Å². The van der Waals surface area contributed by atoms with Crippen LogP contribution in [0.5, 0.6) is 0 Å². The minimum atomic E-state index is -0.450. The monoisotopic (exact) mass is 421 g/mol. The topological polar surface area (TPSA) is 92.2 Å². The Morgan fingerprint density at radius 1 is 1.20 bits per heavy atom. The van der Waals surface area contributed by atoms with E-state index in [1.165, 1.54) is 10.5 Å². The van der Waals surface area contributed by atoms with Gasteiger partial charge in [-0.25, -0.2) is 4.98 Å². The highest BCUT2D eigenvalue weighted by molar-refractivity contribution is 6.31. The molecule has 0 fully saturated rings. The highest BCUT2D eigenvalue weighted by Crippen LogP contribution is 2.16. The minimum absolute atomic E-state index is 0.00124. The minimum Gasteiger partial charge on any atom is -0.348 e. The summed E-state index contributed by atoms with van der Waals surface area (Å²) in [6.45, 7) is 3.99. The second kappa shape index (κ2) is 7.76. The van der Waals surface area contributed by atoms with Gasteiger partial charge >= 0.3 is 0 Å². The molecule has 0 unspecified atom stereocenters. The summed E-state index contributed by atoms with van der Waals surface area (Å²) < 4.78 is 3.04. The number of fused-ring (bicyclic) bond motifs is 2. The number of halogens is 1. The maximum absolute atomic E-state index is 13.1. The SMILES string of the molecule is CC(C)n1c(=N)c(C(=O)NCc2ccccc2Cl)cc2c(=O)n3ccccc3nc21. The lowest BCUT2D eigenvalue weighted by Gasteiger charge is -2.17. The molecule has 2 N–H and O–H groups in total. The van der Waals surface area contributed by atoms with Crippen molar-refractivity contribution in [3.05, 3.63) is 86.7 Å². The predicted octanol–water partition coefficient (Wildman–Crippen LogP) is 3.29. The zero-order valence-electron chi connectivity index (χ0n) is 16.5. The molecule has 0 radical (unpaired) electrons. The average Bonchev–Trinajstić information content (AvgIpc) is 2.72. The number of carbonyl (C=O) groups excluding carboxylic acids is 1. The third kappa shape index (κ3) is 3.37. The van der Waals surface area contributed by atoms with Crippen LogP contribution in [0.15, 0.2) is 59.5 Å². The van der Waals surface area contributed by atoms with Crippen molar-refractivity contribution in [2.24, 2.45) is 0 Å². The molecule has 152 valence electrons. The molecule has 1 amide bonds. The normalized spacial score (nSPS) is 11.3. The molecule has 0 aliphatic heterocycles. The van der Waals surface area contributed by atoms with E-state index in [-0.39, 0.29) is 34.6 Å². The highest BCUT2D eigenvalue weighted by Gasteiger charge is 2.18. The number of amides is 1. The van der Waals surface area contributed by atoms with E-state index in [1.54, 1.807) is 35.0 Å². The van der Waals surface area contributed by atoms with E-state index in [0.29, 0.717) is 16.3 Å². The zero-order valence-corrected chi connectivity index (χ0v) is 17.3. The van der Waals surface area contributed by atoms with Gasteiger partial charge in [-0.15, -0.1) is 0 Å². The number of nitrogens with one attached hydrogen (secondary N) is 2. The van der Waals surface area contributed by atoms with Crippen molar-refractivity contribution in [2.45, 2.75) is 26.4 Å². The van der Waals surface area contributed by atoms with Crippen molar-refractivity contribution in [2.75, 3.05) is 0 Å². The Bertz CT molecular complexity index is 1400. The first kappa shape index (κ1) is 19.8. The van der Waals surface area contributed by atoms with Crippen LogP contribution in [0.1, 0.15) is 35.8 Å². The van der Waals surface area contributed by atoms with Gasteiger partial charge in [-0.1, -0.05) is 35.9 Å². The molecule has 0 bridgehead atoms. The molecule has 3 aromatic heterocycles. The van der Waals surface area contributed by atoms with E-state index < -0.39 is 5.91 Å². The van der Waals surface area contributed by atoms with Crippen molar-refractivity contribution in [1.82, 2.24) is 19.3 Å². The summed E-state index contributed by atoms with van der Waals surface area (Å²) in [4.78, 5) is 30.6. The first-order valence-corrected chi connectivity index (χ1v) is 9.89. The number of pyridine rings is 2. The Morgan fingerprint density at radius 3 is 2.67 bits per heavy atom. The van der Waals surface area contributed by atoms with E-state index in [4.69, 9.17) is 17.0 Å². The fraction of sp³-hybridized carbons (Fsp3) is 0.182. The Labute approximate surface area is 177 Å². The van der Waals surface area contributed by atoms with Crippen LogP contribution in [0.25, 0.3) is 16.7 Å². The molecule has 3 heterocycles. The van der Waals surface area contributed by atoms with Gasteiger partial charge in [0.25, 0.3) is 11.5 Å². The summed E-state index contributed by atoms with van der Waals surface area (Å²) in [6, 6.07) is 13.8. The Morgan fingerprint density at radius 2 is 1.93 bits per heavy atom. The van der Waals surface area contributed by atoms with Crippen LogP contribution in [-0.4, -0.2) is 19.9 Å². The van der Waals surface area contributed by atoms with Gasteiger partial charge in [0.15, 0.2) is 0 Å². The van der Waals surface area contributed by atoms with E-state index in [0.717, 1.165) is 5.56 Å². The van der Waals surface area contributed by atoms with Crippen molar-refractivity contribution in [1.29, 1.82) is 5.41 Å². The van der Waals surface area contributed by atoms with E-state index in [1.807, 2.05) is 32.0 Å². The molecule has 30 heavy (non-hydrogen) atoms. The molecular weight excluding hydrogens is 402 g/mol. The molecule has 7 nitrogen and oxygen atoms in total. The highest BCUT2D eigenvalue weighted by atomic mass is 35.5. The molecule has 1 aromatic carbocycles. The summed E-state index contributed by atoms with van der Waals surface area (Å²) in [5.41, 5.74) is 1.46. The van der Waals surface area contributed by atoms with Gasteiger partial charge in [0, 0.05) is 23.8 Å². The van der Waals surface area contributed by atoms with Gasteiger partial charge in [0.2, 0.25) is 0 Å². The maximum Gasteiger partial charge on any atom is 0.267 e. The third-order valence-electron chi connectivity index (χ3n) is 4.92. The third-order valence-corrected chi connectivity index (χ3v) is 5.29.